The van der Waals surface area contributed by atoms with Gasteiger partial charge in [0, 0.05) is 0 Å². The van der Waals surface area contributed by atoms with Crippen LogP contribution in [0.5, 0.6) is 11.5 Å². The molecule has 1 atom stereocenters. The Morgan fingerprint density at radius 3 is 2.45 bits per heavy atom. The first kappa shape index (κ1) is 14.1. The highest BCUT2D eigenvalue weighted by Gasteiger charge is 2.15. The molecule has 20 heavy (non-hydrogen) atoms. The molecule has 0 saturated carbocycles. The van der Waals surface area contributed by atoms with Gasteiger partial charge in [-0.05, 0) is 42.7 Å². The van der Waals surface area contributed by atoms with Crippen molar-refractivity contribution in [1.82, 2.24) is 0 Å². The SMILES string of the molecule is CCC(Cc1cccc(Oc2ccccc2)c1)C(=O)O. The number of para-hydroxylation sites is 1. The number of carbonyl (C=O) groups is 1. The van der Waals surface area contributed by atoms with E-state index in [4.69, 9.17) is 9.84 Å². The first-order valence-electron chi connectivity index (χ1n) is 6.73. The lowest BCUT2D eigenvalue weighted by atomic mass is 9.97. The summed E-state index contributed by atoms with van der Waals surface area (Å²) in [5, 5.41) is 9.11. The Morgan fingerprint density at radius 1 is 1.10 bits per heavy atom. The van der Waals surface area contributed by atoms with Gasteiger partial charge in [-0.1, -0.05) is 37.3 Å². The van der Waals surface area contributed by atoms with Gasteiger partial charge in [0.05, 0.1) is 5.92 Å². The van der Waals surface area contributed by atoms with Crippen molar-refractivity contribution in [2.45, 2.75) is 19.8 Å². The lowest BCUT2D eigenvalue weighted by molar-refractivity contribution is -0.141. The average molecular weight is 270 g/mol. The van der Waals surface area contributed by atoms with Crippen LogP contribution in [0, 0.1) is 5.92 Å². The molecule has 1 N–H and O–H groups in total. The van der Waals surface area contributed by atoms with Gasteiger partial charge in [-0.25, -0.2) is 0 Å². The minimum absolute atomic E-state index is 0.345. The molecule has 2 rings (SSSR count). The molecule has 0 fully saturated rings. The van der Waals surface area contributed by atoms with E-state index >= 15 is 0 Å². The van der Waals surface area contributed by atoms with Gasteiger partial charge in [-0.2, -0.15) is 0 Å². The maximum atomic E-state index is 11.1. The Bertz CT molecular complexity index is 563. The molecule has 0 aromatic heterocycles. The van der Waals surface area contributed by atoms with E-state index in [2.05, 4.69) is 0 Å². The van der Waals surface area contributed by atoms with Crippen molar-refractivity contribution in [2.75, 3.05) is 0 Å². The number of benzene rings is 2. The minimum Gasteiger partial charge on any atom is -0.481 e. The molecule has 1 unspecified atom stereocenters. The third-order valence-corrected chi connectivity index (χ3v) is 3.20. The van der Waals surface area contributed by atoms with Crippen molar-refractivity contribution in [3.8, 4) is 11.5 Å². The molecule has 2 aromatic rings. The van der Waals surface area contributed by atoms with Gasteiger partial charge in [0.15, 0.2) is 0 Å². The van der Waals surface area contributed by atoms with E-state index in [-0.39, 0.29) is 5.92 Å². The van der Waals surface area contributed by atoms with Crippen molar-refractivity contribution in [1.29, 1.82) is 0 Å². The second-order valence-corrected chi connectivity index (χ2v) is 4.71. The largest absolute Gasteiger partial charge is 0.481 e. The van der Waals surface area contributed by atoms with Gasteiger partial charge in [0.1, 0.15) is 11.5 Å². The van der Waals surface area contributed by atoms with Gasteiger partial charge in [0.2, 0.25) is 0 Å². The van der Waals surface area contributed by atoms with Crippen LogP contribution in [0.15, 0.2) is 54.6 Å². The summed E-state index contributed by atoms with van der Waals surface area (Å²) in [4.78, 5) is 11.1. The minimum atomic E-state index is -0.748. The van der Waals surface area contributed by atoms with Gasteiger partial charge in [-0.3, -0.25) is 4.79 Å². The van der Waals surface area contributed by atoms with Crippen LogP contribution >= 0.6 is 0 Å². The second kappa shape index (κ2) is 6.75. The van der Waals surface area contributed by atoms with Crippen molar-refractivity contribution in [2.24, 2.45) is 5.92 Å². The van der Waals surface area contributed by atoms with E-state index in [0.717, 1.165) is 17.1 Å². The highest BCUT2D eigenvalue weighted by Crippen LogP contribution is 2.23. The number of carboxylic acids is 1. The molecule has 3 heteroatoms. The van der Waals surface area contributed by atoms with Crippen LogP contribution in [0.4, 0.5) is 0 Å². The van der Waals surface area contributed by atoms with Gasteiger partial charge >= 0.3 is 5.97 Å². The lowest BCUT2D eigenvalue weighted by Gasteiger charge is -2.11. The van der Waals surface area contributed by atoms with E-state index in [1.807, 2.05) is 61.5 Å². The highest BCUT2D eigenvalue weighted by molar-refractivity contribution is 5.70. The molecule has 0 spiro atoms. The Morgan fingerprint density at radius 2 is 1.80 bits per heavy atom. The maximum Gasteiger partial charge on any atom is 0.306 e. The van der Waals surface area contributed by atoms with Gasteiger partial charge in [-0.15, -0.1) is 0 Å². The summed E-state index contributed by atoms with van der Waals surface area (Å²) >= 11 is 0. The van der Waals surface area contributed by atoms with Crippen LogP contribution < -0.4 is 4.74 Å². The third kappa shape index (κ3) is 3.85. The quantitative estimate of drug-likeness (QED) is 0.858. The van der Waals surface area contributed by atoms with Crippen LogP contribution in [0.2, 0.25) is 0 Å². The summed E-state index contributed by atoms with van der Waals surface area (Å²) in [7, 11) is 0. The van der Waals surface area contributed by atoms with E-state index in [9.17, 15) is 4.79 Å². The van der Waals surface area contributed by atoms with Crippen LogP contribution in [0.1, 0.15) is 18.9 Å². The fraction of sp³-hybridized carbons (Fsp3) is 0.235. The van der Waals surface area contributed by atoms with Crippen LogP contribution in [0.25, 0.3) is 0 Å². The second-order valence-electron chi connectivity index (χ2n) is 4.71. The summed E-state index contributed by atoms with van der Waals surface area (Å²) in [6.45, 7) is 1.89. The molecular weight excluding hydrogens is 252 g/mol. The number of hydrogen-bond donors (Lipinski definition) is 1. The number of ether oxygens (including phenoxy) is 1. The average Bonchev–Trinajstić information content (AvgIpc) is 2.46. The predicted octanol–water partition coefficient (Wildman–Crippen LogP) is 4.13. The standard InChI is InChI=1S/C17H18O3/c1-2-14(17(18)19)11-13-7-6-10-16(12-13)20-15-8-4-3-5-9-15/h3-10,12,14H,2,11H2,1H3,(H,18,19). The monoisotopic (exact) mass is 270 g/mol. The Hall–Kier alpha value is -2.29. The van der Waals surface area contributed by atoms with Crippen LogP contribution in [-0.4, -0.2) is 11.1 Å². The van der Waals surface area contributed by atoms with Crippen LogP contribution in [-0.2, 0) is 11.2 Å². The van der Waals surface area contributed by atoms with Crippen molar-refractivity contribution in [3.63, 3.8) is 0 Å². The summed E-state index contributed by atoms with van der Waals surface area (Å²) in [5.41, 5.74) is 0.979. The van der Waals surface area contributed by atoms with E-state index in [1.54, 1.807) is 0 Å². The van der Waals surface area contributed by atoms with Crippen molar-refractivity contribution in [3.05, 3.63) is 60.2 Å². The molecule has 0 radical (unpaired) electrons. The smallest absolute Gasteiger partial charge is 0.306 e. The Kier molecular flexibility index (Phi) is 4.77. The molecule has 0 bridgehead atoms. The summed E-state index contributed by atoms with van der Waals surface area (Å²) < 4.78 is 5.75. The fourth-order valence-electron chi connectivity index (χ4n) is 2.05. The molecule has 0 amide bonds. The molecule has 0 heterocycles. The molecule has 0 aliphatic rings. The fourth-order valence-corrected chi connectivity index (χ4v) is 2.05. The topological polar surface area (TPSA) is 46.5 Å². The number of aliphatic carboxylic acids is 1. The molecule has 104 valence electrons. The number of carboxylic acid groups (broad SMARTS) is 1. The zero-order valence-corrected chi connectivity index (χ0v) is 11.5. The zero-order chi connectivity index (χ0) is 14.4. The van der Waals surface area contributed by atoms with Crippen LogP contribution in [0.3, 0.4) is 0 Å². The molecular formula is C17H18O3. The van der Waals surface area contributed by atoms with E-state index in [0.29, 0.717) is 12.8 Å². The molecule has 2 aromatic carbocycles. The predicted molar refractivity (Wildman–Crippen MR) is 78.1 cm³/mol. The summed E-state index contributed by atoms with van der Waals surface area (Å²) in [5.74, 6) is 0.410. The highest BCUT2D eigenvalue weighted by atomic mass is 16.5. The van der Waals surface area contributed by atoms with Crippen molar-refractivity contribution < 1.29 is 14.6 Å². The van der Waals surface area contributed by atoms with Crippen molar-refractivity contribution >= 4 is 5.97 Å². The first-order chi connectivity index (χ1) is 9.69. The summed E-state index contributed by atoms with van der Waals surface area (Å²) in [6, 6.07) is 17.1. The molecule has 0 saturated heterocycles. The Labute approximate surface area is 118 Å². The molecule has 0 aliphatic carbocycles. The number of hydrogen-bond acceptors (Lipinski definition) is 2. The molecule has 0 aliphatic heterocycles. The van der Waals surface area contributed by atoms with Gasteiger partial charge in [0.25, 0.3) is 0 Å². The third-order valence-electron chi connectivity index (χ3n) is 3.20. The van der Waals surface area contributed by atoms with Gasteiger partial charge < -0.3 is 9.84 Å². The van der Waals surface area contributed by atoms with E-state index in [1.165, 1.54) is 0 Å². The lowest BCUT2D eigenvalue weighted by Crippen LogP contribution is -2.15. The number of rotatable bonds is 6. The first-order valence-corrected chi connectivity index (χ1v) is 6.73. The molecule has 3 nitrogen and oxygen atoms in total. The zero-order valence-electron chi connectivity index (χ0n) is 11.5. The maximum absolute atomic E-state index is 11.1. The normalized spacial score (nSPS) is 11.8. The Balaban J connectivity index is 2.10. The summed E-state index contributed by atoms with van der Waals surface area (Å²) in [6.07, 6.45) is 1.15. The van der Waals surface area contributed by atoms with E-state index < -0.39 is 5.97 Å².